The molecular weight excluding hydrogens is 287 g/mol. The van der Waals surface area contributed by atoms with Crippen LogP contribution in [0.3, 0.4) is 0 Å². The number of hydrogen-bond acceptors (Lipinski definition) is 2. The van der Waals surface area contributed by atoms with Crippen LogP contribution in [0.25, 0.3) is 0 Å². The summed E-state index contributed by atoms with van der Waals surface area (Å²) in [6.07, 6.45) is 3.44. The summed E-state index contributed by atoms with van der Waals surface area (Å²) in [7, 11) is -2.19. The van der Waals surface area contributed by atoms with E-state index in [9.17, 15) is 0 Å². The second-order valence-corrected chi connectivity index (χ2v) is 8.69. The molecule has 1 rings (SSSR count). The number of benzene rings is 1. The van der Waals surface area contributed by atoms with Crippen molar-refractivity contribution in [3.63, 3.8) is 0 Å². The molecule has 18 heavy (non-hydrogen) atoms. The molecule has 0 unspecified atom stereocenters. The minimum Gasteiger partial charge on any atom is -0.519 e. The molecule has 0 bridgehead atoms. The van der Waals surface area contributed by atoms with Crippen LogP contribution in [0.2, 0.25) is 23.1 Å². The molecule has 1 aromatic rings. The Labute approximate surface area is 120 Å². The van der Waals surface area contributed by atoms with Gasteiger partial charge in [-0.2, -0.15) is 0 Å². The minimum atomic E-state index is -2.19. The van der Waals surface area contributed by atoms with Crippen LogP contribution >= 0.6 is 23.2 Å². The first kappa shape index (κ1) is 15.8. The van der Waals surface area contributed by atoms with Gasteiger partial charge in [0.1, 0.15) is 5.75 Å². The van der Waals surface area contributed by atoms with E-state index < -0.39 is 8.56 Å². The van der Waals surface area contributed by atoms with Gasteiger partial charge in [-0.25, -0.2) is 0 Å². The van der Waals surface area contributed by atoms with Crippen LogP contribution in [0.1, 0.15) is 26.2 Å². The molecule has 0 fully saturated rings. The van der Waals surface area contributed by atoms with Crippen LogP contribution in [-0.2, 0) is 4.43 Å². The molecule has 0 radical (unpaired) electrons. The maximum Gasteiger partial charge on any atom is 0.392 e. The Kier molecular flexibility index (Phi) is 6.50. The first-order valence-electron chi connectivity index (χ1n) is 6.23. The highest BCUT2D eigenvalue weighted by atomic mass is 35.5. The molecule has 0 aromatic heterocycles. The number of rotatable bonds is 7. The van der Waals surface area contributed by atoms with E-state index in [4.69, 9.17) is 32.1 Å². The van der Waals surface area contributed by atoms with E-state index in [2.05, 4.69) is 6.92 Å². The number of hydrogen-bond donors (Lipinski definition) is 0. The predicted octanol–water partition coefficient (Wildman–Crippen LogP) is 5.28. The standard InChI is InChI=1S/C13H20Cl2O2Si/c1-4-5-6-10-16-18(2,3)17-12-9-7-8-11(14)13(12)15/h7-9H,4-6,10H2,1-3H3. The molecule has 0 aliphatic carbocycles. The van der Waals surface area contributed by atoms with Gasteiger partial charge in [0.15, 0.2) is 0 Å². The van der Waals surface area contributed by atoms with Crippen molar-refractivity contribution in [3.8, 4) is 5.75 Å². The molecule has 5 heteroatoms. The number of halogens is 2. The van der Waals surface area contributed by atoms with Crippen molar-refractivity contribution in [3.05, 3.63) is 28.2 Å². The molecule has 0 aliphatic heterocycles. The Morgan fingerprint density at radius 2 is 1.89 bits per heavy atom. The van der Waals surface area contributed by atoms with Crippen LogP contribution in [0, 0.1) is 0 Å². The maximum atomic E-state index is 6.09. The zero-order valence-electron chi connectivity index (χ0n) is 11.1. The van der Waals surface area contributed by atoms with Gasteiger partial charge in [0.25, 0.3) is 0 Å². The van der Waals surface area contributed by atoms with Gasteiger partial charge in [-0.15, -0.1) is 0 Å². The lowest BCUT2D eigenvalue weighted by Gasteiger charge is -2.24. The maximum absolute atomic E-state index is 6.09. The molecule has 1 aromatic carbocycles. The normalized spacial score (nSPS) is 11.6. The molecule has 0 spiro atoms. The summed E-state index contributed by atoms with van der Waals surface area (Å²) in [6.45, 7) is 6.93. The first-order valence-corrected chi connectivity index (χ1v) is 9.80. The van der Waals surface area contributed by atoms with Crippen molar-refractivity contribution in [2.75, 3.05) is 6.61 Å². The molecular formula is C13H20Cl2O2Si. The van der Waals surface area contributed by atoms with Gasteiger partial charge in [-0.1, -0.05) is 49.0 Å². The van der Waals surface area contributed by atoms with Gasteiger partial charge in [0.05, 0.1) is 10.0 Å². The Bertz CT molecular complexity index is 383. The smallest absolute Gasteiger partial charge is 0.392 e. The largest absolute Gasteiger partial charge is 0.519 e. The Morgan fingerprint density at radius 1 is 1.17 bits per heavy atom. The SMILES string of the molecule is CCCCCO[Si](C)(C)Oc1cccc(Cl)c1Cl. The highest BCUT2D eigenvalue weighted by Crippen LogP contribution is 2.33. The van der Waals surface area contributed by atoms with Crippen molar-refractivity contribution in [2.24, 2.45) is 0 Å². The van der Waals surface area contributed by atoms with Gasteiger partial charge < -0.3 is 8.85 Å². The number of unbranched alkanes of at least 4 members (excludes halogenated alkanes) is 2. The molecule has 0 atom stereocenters. The summed E-state index contributed by atoms with van der Waals surface area (Å²) in [6, 6.07) is 5.39. The lowest BCUT2D eigenvalue weighted by Crippen LogP contribution is -2.38. The van der Waals surface area contributed by atoms with Crippen LogP contribution in [0.15, 0.2) is 18.2 Å². The fraction of sp³-hybridized carbons (Fsp3) is 0.538. The Balaban J connectivity index is 2.56. The van der Waals surface area contributed by atoms with Crippen molar-refractivity contribution in [1.82, 2.24) is 0 Å². The summed E-state index contributed by atoms with van der Waals surface area (Å²) >= 11 is 12.0. The average Bonchev–Trinajstić information content (AvgIpc) is 2.31. The van der Waals surface area contributed by atoms with Gasteiger partial charge in [-0.3, -0.25) is 0 Å². The van der Waals surface area contributed by atoms with Gasteiger partial charge >= 0.3 is 8.56 Å². The third-order valence-electron chi connectivity index (χ3n) is 2.47. The van der Waals surface area contributed by atoms with Crippen molar-refractivity contribution >= 4 is 31.8 Å². The monoisotopic (exact) mass is 306 g/mol. The molecule has 0 heterocycles. The van der Waals surface area contributed by atoms with E-state index >= 15 is 0 Å². The zero-order chi connectivity index (χ0) is 13.6. The second kappa shape index (κ2) is 7.39. The molecule has 0 amide bonds. The molecule has 0 saturated heterocycles. The van der Waals surface area contributed by atoms with Crippen LogP contribution < -0.4 is 4.43 Å². The van der Waals surface area contributed by atoms with Crippen molar-refractivity contribution in [2.45, 2.75) is 39.3 Å². The molecule has 0 N–H and O–H groups in total. The lowest BCUT2D eigenvalue weighted by molar-refractivity contribution is 0.241. The van der Waals surface area contributed by atoms with Crippen LogP contribution in [-0.4, -0.2) is 15.2 Å². The highest BCUT2D eigenvalue weighted by Gasteiger charge is 2.27. The first-order chi connectivity index (χ1) is 8.46. The van der Waals surface area contributed by atoms with E-state index in [-0.39, 0.29) is 0 Å². The van der Waals surface area contributed by atoms with E-state index in [0.29, 0.717) is 15.8 Å². The van der Waals surface area contributed by atoms with Crippen molar-refractivity contribution in [1.29, 1.82) is 0 Å². The second-order valence-electron chi connectivity index (χ2n) is 4.61. The van der Waals surface area contributed by atoms with Crippen LogP contribution in [0.4, 0.5) is 0 Å². The van der Waals surface area contributed by atoms with Gasteiger partial charge in [0, 0.05) is 6.61 Å². The molecule has 0 saturated carbocycles. The lowest BCUT2D eigenvalue weighted by atomic mass is 10.3. The average molecular weight is 307 g/mol. The molecule has 2 nitrogen and oxygen atoms in total. The topological polar surface area (TPSA) is 18.5 Å². The predicted molar refractivity (Wildman–Crippen MR) is 80.0 cm³/mol. The minimum absolute atomic E-state index is 0.455. The van der Waals surface area contributed by atoms with E-state index in [1.807, 2.05) is 25.2 Å². The summed E-state index contributed by atoms with van der Waals surface area (Å²) in [5, 5.41) is 0.960. The summed E-state index contributed by atoms with van der Waals surface area (Å²) in [4.78, 5) is 0. The van der Waals surface area contributed by atoms with E-state index in [1.165, 1.54) is 12.8 Å². The summed E-state index contributed by atoms with van der Waals surface area (Å²) in [5.74, 6) is 0.608. The van der Waals surface area contributed by atoms with Crippen molar-refractivity contribution < 1.29 is 8.85 Å². The third-order valence-corrected chi connectivity index (χ3v) is 4.88. The van der Waals surface area contributed by atoms with Gasteiger partial charge in [-0.05, 0) is 31.6 Å². The quantitative estimate of drug-likeness (QED) is 0.504. The fourth-order valence-electron chi connectivity index (χ4n) is 1.53. The van der Waals surface area contributed by atoms with Gasteiger partial charge in [0.2, 0.25) is 0 Å². The fourth-order valence-corrected chi connectivity index (χ4v) is 3.32. The highest BCUT2D eigenvalue weighted by molar-refractivity contribution is 6.65. The van der Waals surface area contributed by atoms with Crippen LogP contribution in [0.5, 0.6) is 5.75 Å². The molecule has 102 valence electrons. The van der Waals surface area contributed by atoms with E-state index in [0.717, 1.165) is 13.0 Å². The zero-order valence-corrected chi connectivity index (χ0v) is 13.6. The summed E-state index contributed by atoms with van der Waals surface area (Å²) < 4.78 is 11.7. The third kappa shape index (κ3) is 5.18. The van der Waals surface area contributed by atoms with E-state index in [1.54, 1.807) is 6.07 Å². The Morgan fingerprint density at radius 3 is 2.56 bits per heavy atom. The summed E-state index contributed by atoms with van der Waals surface area (Å²) in [5.41, 5.74) is 0. The molecule has 0 aliphatic rings. The Hall–Kier alpha value is -0.223.